The van der Waals surface area contributed by atoms with Gasteiger partial charge in [-0.1, -0.05) is 6.07 Å². The van der Waals surface area contributed by atoms with Crippen molar-refractivity contribution in [2.75, 3.05) is 13.2 Å². The van der Waals surface area contributed by atoms with Crippen LogP contribution < -0.4 is 10.6 Å². The molecule has 0 spiro atoms. The molecule has 23 heavy (non-hydrogen) atoms. The highest BCUT2D eigenvalue weighted by Gasteiger charge is 2.21. The first-order valence-corrected chi connectivity index (χ1v) is 8.25. The summed E-state index contributed by atoms with van der Waals surface area (Å²) in [5.41, 5.74) is 2.77. The molecular weight excluding hydrogens is 292 g/mol. The van der Waals surface area contributed by atoms with Gasteiger partial charge in [-0.3, -0.25) is 9.59 Å². The van der Waals surface area contributed by atoms with Gasteiger partial charge >= 0.3 is 0 Å². The molecule has 2 amide bonds. The first kappa shape index (κ1) is 17.5. The van der Waals surface area contributed by atoms with Gasteiger partial charge in [0.25, 0.3) is 5.91 Å². The van der Waals surface area contributed by atoms with Crippen LogP contribution in [0.3, 0.4) is 0 Å². The lowest BCUT2D eigenvalue weighted by Crippen LogP contribution is -2.43. The Hall–Kier alpha value is -1.88. The second-order valence-electron chi connectivity index (χ2n) is 6.45. The number of aryl methyl sites for hydroxylation is 2. The molecule has 1 saturated carbocycles. The topological polar surface area (TPSA) is 78.4 Å². The summed E-state index contributed by atoms with van der Waals surface area (Å²) in [7, 11) is 0. The van der Waals surface area contributed by atoms with Crippen LogP contribution in [0.15, 0.2) is 18.2 Å². The van der Waals surface area contributed by atoms with Gasteiger partial charge in [-0.2, -0.15) is 0 Å². The molecule has 5 heteroatoms. The van der Waals surface area contributed by atoms with Crippen LogP contribution >= 0.6 is 0 Å². The smallest absolute Gasteiger partial charge is 0.251 e. The van der Waals surface area contributed by atoms with Gasteiger partial charge in [0.2, 0.25) is 5.91 Å². The lowest BCUT2D eigenvalue weighted by atomic mass is 9.86. The lowest BCUT2D eigenvalue weighted by molar-refractivity contribution is -0.121. The van der Waals surface area contributed by atoms with Crippen molar-refractivity contribution in [3.63, 3.8) is 0 Å². The number of aliphatic hydroxyl groups excluding tert-OH is 1. The quantitative estimate of drug-likeness (QED) is 0.773. The molecule has 2 rings (SSSR count). The average molecular weight is 318 g/mol. The monoisotopic (exact) mass is 318 g/mol. The minimum absolute atomic E-state index is 0.00825. The first-order valence-electron chi connectivity index (χ1n) is 8.25. The molecule has 0 aromatic heterocycles. The van der Waals surface area contributed by atoms with Crippen LogP contribution in [0.4, 0.5) is 0 Å². The number of benzene rings is 1. The third kappa shape index (κ3) is 5.06. The number of carbonyl (C=O) groups excluding carboxylic acids is 2. The van der Waals surface area contributed by atoms with E-state index < -0.39 is 0 Å². The van der Waals surface area contributed by atoms with Crippen molar-refractivity contribution in [3.05, 3.63) is 34.9 Å². The summed E-state index contributed by atoms with van der Waals surface area (Å²) in [6.45, 7) is 4.18. The van der Waals surface area contributed by atoms with E-state index in [1.165, 1.54) is 0 Å². The normalized spacial score (nSPS) is 20.8. The van der Waals surface area contributed by atoms with E-state index in [1.54, 1.807) is 6.07 Å². The zero-order valence-corrected chi connectivity index (χ0v) is 13.9. The van der Waals surface area contributed by atoms with Crippen LogP contribution in [-0.2, 0) is 4.79 Å². The molecular formula is C18H26N2O3. The maximum Gasteiger partial charge on any atom is 0.251 e. The highest BCUT2D eigenvalue weighted by molar-refractivity contribution is 5.96. The van der Waals surface area contributed by atoms with Crippen molar-refractivity contribution in [2.24, 2.45) is 5.92 Å². The van der Waals surface area contributed by atoms with Gasteiger partial charge in [-0.05, 0) is 68.7 Å². The zero-order valence-electron chi connectivity index (χ0n) is 13.9. The number of rotatable bonds is 5. The third-order valence-electron chi connectivity index (χ3n) is 4.65. The van der Waals surface area contributed by atoms with E-state index in [2.05, 4.69) is 10.6 Å². The second-order valence-corrected chi connectivity index (χ2v) is 6.45. The predicted octanol–water partition coefficient (Wildman–Crippen LogP) is 1.70. The van der Waals surface area contributed by atoms with Crippen molar-refractivity contribution in [1.29, 1.82) is 0 Å². The Morgan fingerprint density at radius 1 is 1.13 bits per heavy atom. The molecule has 1 aliphatic rings. The molecule has 0 radical (unpaired) electrons. The predicted molar refractivity (Wildman–Crippen MR) is 89.2 cm³/mol. The minimum Gasteiger partial charge on any atom is -0.396 e. The van der Waals surface area contributed by atoms with E-state index in [-0.39, 0.29) is 31.0 Å². The standard InChI is InChI=1S/C18H26N2O3/c1-12-3-6-15(9-13(12)2)18(23)19-10-17(22)20-16-7-4-14(11-21)5-8-16/h3,6,9,14,16,21H,4-5,7-8,10-11H2,1-2H3,(H,19,23)(H,20,22). The number of aliphatic hydroxyl groups is 1. The summed E-state index contributed by atoms with van der Waals surface area (Å²) in [6.07, 6.45) is 3.66. The molecule has 0 atom stereocenters. The van der Waals surface area contributed by atoms with Crippen molar-refractivity contribution in [1.82, 2.24) is 10.6 Å². The van der Waals surface area contributed by atoms with E-state index in [1.807, 2.05) is 26.0 Å². The van der Waals surface area contributed by atoms with Crippen LogP contribution in [0.5, 0.6) is 0 Å². The first-order chi connectivity index (χ1) is 11.0. The number of hydrogen-bond donors (Lipinski definition) is 3. The van der Waals surface area contributed by atoms with Gasteiger partial charge in [0.05, 0.1) is 6.54 Å². The average Bonchev–Trinajstić information content (AvgIpc) is 2.56. The maximum absolute atomic E-state index is 12.1. The zero-order chi connectivity index (χ0) is 16.8. The molecule has 0 unspecified atom stereocenters. The number of carbonyl (C=O) groups is 2. The molecule has 3 N–H and O–H groups in total. The summed E-state index contributed by atoms with van der Waals surface area (Å²) in [4.78, 5) is 24.0. The largest absolute Gasteiger partial charge is 0.396 e. The Morgan fingerprint density at radius 2 is 1.83 bits per heavy atom. The summed E-state index contributed by atoms with van der Waals surface area (Å²) >= 11 is 0. The fourth-order valence-corrected chi connectivity index (χ4v) is 2.91. The van der Waals surface area contributed by atoms with Crippen molar-refractivity contribution in [3.8, 4) is 0 Å². The Labute approximate surface area is 137 Å². The van der Waals surface area contributed by atoms with E-state index in [0.29, 0.717) is 11.5 Å². The Kier molecular flexibility index (Phi) is 6.16. The van der Waals surface area contributed by atoms with E-state index >= 15 is 0 Å². The summed E-state index contributed by atoms with van der Waals surface area (Å²) < 4.78 is 0. The van der Waals surface area contributed by atoms with Gasteiger partial charge in [0, 0.05) is 18.2 Å². The van der Waals surface area contributed by atoms with E-state index in [4.69, 9.17) is 5.11 Å². The lowest BCUT2D eigenvalue weighted by Gasteiger charge is -2.27. The van der Waals surface area contributed by atoms with Gasteiger partial charge in [-0.15, -0.1) is 0 Å². The fraction of sp³-hybridized carbons (Fsp3) is 0.556. The molecule has 0 bridgehead atoms. The molecule has 1 aromatic rings. The maximum atomic E-state index is 12.1. The Bertz CT molecular complexity index is 563. The minimum atomic E-state index is -0.229. The molecule has 126 valence electrons. The van der Waals surface area contributed by atoms with Crippen LogP contribution in [-0.4, -0.2) is 36.1 Å². The van der Waals surface area contributed by atoms with Gasteiger partial charge in [-0.25, -0.2) is 0 Å². The summed E-state index contributed by atoms with van der Waals surface area (Å²) in [6, 6.07) is 5.66. The highest BCUT2D eigenvalue weighted by atomic mass is 16.3. The molecule has 0 saturated heterocycles. The third-order valence-corrected chi connectivity index (χ3v) is 4.65. The van der Waals surface area contributed by atoms with Gasteiger partial charge in [0.15, 0.2) is 0 Å². The second kappa shape index (κ2) is 8.11. The summed E-state index contributed by atoms with van der Waals surface area (Å²) in [5.74, 6) is -0.0190. The van der Waals surface area contributed by atoms with Crippen LogP contribution in [0.1, 0.15) is 47.2 Å². The molecule has 1 fully saturated rings. The highest BCUT2D eigenvalue weighted by Crippen LogP contribution is 2.23. The van der Waals surface area contributed by atoms with Crippen LogP contribution in [0.25, 0.3) is 0 Å². The number of hydrogen-bond acceptors (Lipinski definition) is 3. The molecule has 0 aliphatic heterocycles. The Morgan fingerprint density at radius 3 is 2.43 bits per heavy atom. The van der Waals surface area contributed by atoms with Gasteiger partial charge < -0.3 is 15.7 Å². The van der Waals surface area contributed by atoms with Crippen LogP contribution in [0.2, 0.25) is 0 Å². The molecule has 1 aliphatic carbocycles. The van der Waals surface area contributed by atoms with Crippen LogP contribution in [0, 0.1) is 19.8 Å². The molecule has 1 aromatic carbocycles. The van der Waals surface area contributed by atoms with Crippen molar-refractivity contribution < 1.29 is 14.7 Å². The Balaban J connectivity index is 1.75. The SMILES string of the molecule is Cc1ccc(C(=O)NCC(=O)NC2CCC(CO)CC2)cc1C. The number of amides is 2. The number of nitrogens with one attached hydrogen (secondary N) is 2. The summed E-state index contributed by atoms with van der Waals surface area (Å²) in [5, 5.41) is 14.7. The van der Waals surface area contributed by atoms with E-state index in [0.717, 1.165) is 36.8 Å². The van der Waals surface area contributed by atoms with E-state index in [9.17, 15) is 9.59 Å². The van der Waals surface area contributed by atoms with Gasteiger partial charge in [0.1, 0.15) is 0 Å². The van der Waals surface area contributed by atoms with Crippen molar-refractivity contribution in [2.45, 2.75) is 45.6 Å². The van der Waals surface area contributed by atoms with Crippen molar-refractivity contribution >= 4 is 11.8 Å². The molecule has 5 nitrogen and oxygen atoms in total. The fourth-order valence-electron chi connectivity index (χ4n) is 2.91. The molecule has 0 heterocycles.